The second-order valence-corrected chi connectivity index (χ2v) is 7.14. The van der Waals surface area contributed by atoms with Crippen molar-refractivity contribution in [2.24, 2.45) is 5.73 Å². The van der Waals surface area contributed by atoms with Gasteiger partial charge in [-0.1, -0.05) is 36.4 Å². The standard InChI is InChI=1S/C23H19F3N4O/c24-23(25,26)19-13-15(30-22(31)20(27)12-14-4-2-1-3-5-14)6-7-17(19)16-8-10-28-21-18(16)9-11-29-21/h1-11,13,20H,12,27H2,(H,28,29)(H,30,31)/t20-/m0/s1. The van der Waals surface area contributed by atoms with Gasteiger partial charge in [0, 0.05) is 23.5 Å². The van der Waals surface area contributed by atoms with Gasteiger partial charge in [-0.3, -0.25) is 4.79 Å². The number of nitrogens with two attached hydrogens (primary N) is 1. The molecule has 2 aromatic carbocycles. The van der Waals surface area contributed by atoms with Crippen LogP contribution in [0, 0.1) is 0 Å². The third-order valence-corrected chi connectivity index (χ3v) is 4.98. The summed E-state index contributed by atoms with van der Waals surface area (Å²) in [5.41, 5.74) is 6.89. The van der Waals surface area contributed by atoms with Crippen LogP contribution in [0.4, 0.5) is 18.9 Å². The maximum atomic E-state index is 13.9. The predicted octanol–water partition coefficient (Wildman–Crippen LogP) is 4.76. The Balaban J connectivity index is 1.63. The number of hydrogen-bond donors (Lipinski definition) is 3. The van der Waals surface area contributed by atoms with Gasteiger partial charge in [0.1, 0.15) is 5.65 Å². The number of H-pyrrole nitrogens is 1. The number of hydrogen-bond acceptors (Lipinski definition) is 3. The van der Waals surface area contributed by atoms with Crippen LogP contribution in [0.2, 0.25) is 0 Å². The highest BCUT2D eigenvalue weighted by molar-refractivity contribution is 5.97. The zero-order chi connectivity index (χ0) is 22.0. The average Bonchev–Trinajstić information content (AvgIpc) is 3.23. The van der Waals surface area contributed by atoms with Crippen LogP contribution in [0.3, 0.4) is 0 Å². The zero-order valence-corrected chi connectivity index (χ0v) is 16.3. The molecule has 4 rings (SSSR count). The molecular weight excluding hydrogens is 405 g/mol. The van der Waals surface area contributed by atoms with E-state index < -0.39 is 23.7 Å². The number of rotatable bonds is 5. The average molecular weight is 424 g/mol. The van der Waals surface area contributed by atoms with E-state index in [4.69, 9.17) is 5.73 Å². The number of carbonyl (C=O) groups excluding carboxylic acids is 1. The van der Waals surface area contributed by atoms with E-state index in [0.29, 0.717) is 16.6 Å². The molecule has 31 heavy (non-hydrogen) atoms. The van der Waals surface area contributed by atoms with Crippen molar-refractivity contribution < 1.29 is 18.0 Å². The number of carbonyl (C=O) groups is 1. The molecular formula is C23H19F3N4O. The van der Waals surface area contributed by atoms with E-state index in [9.17, 15) is 18.0 Å². The highest BCUT2D eigenvalue weighted by Gasteiger charge is 2.34. The zero-order valence-electron chi connectivity index (χ0n) is 16.3. The maximum absolute atomic E-state index is 13.9. The third-order valence-electron chi connectivity index (χ3n) is 4.98. The second-order valence-electron chi connectivity index (χ2n) is 7.14. The Kier molecular flexibility index (Phi) is 5.48. The number of nitrogens with one attached hydrogen (secondary N) is 2. The van der Waals surface area contributed by atoms with Crippen molar-refractivity contribution in [2.75, 3.05) is 5.32 Å². The van der Waals surface area contributed by atoms with Crippen molar-refractivity contribution in [3.8, 4) is 11.1 Å². The number of nitrogens with zero attached hydrogens (tertiary/aromatic N) is 1. The number of halogens is 3. The lowest BCUT2D eigenvalue weighted by atomic mass is 9.97. The van der Waals surface area contributed by atoms with Gasteiger partial charge in [0.05, 0.1) is 11.6 Å². The molecule has 4 N–H and O–H groups in total. The summed E-state index contributed by atoms with van der Waals surface area (Å²) < 4.78 is 41.6. The highest BCUT2D eigenvalue weighted by Crippen LogP contribution is 2.40. The second kappa shape index (κ2) is 8.23. The summed E-state index contributed by atoms with van der Waals surface area (Å²) in [6.45, 7) is 0. The number of aromatic amines is 1. The lowest BCUT2D eigenvalue weighted by Gasteiger charge is -2.17. The third kappa shape index (κ3) is 4.44. The SMILES string of the molecule is N[C@@H](Cc1ccccc1)C(=O)Nc1ccc(-c2ccnc3[nH]ccc23)c(C(F)(F)F)c1. The molecule has 0 aliphatic rings. The lowest BCUT2D eigenvalue weighted by molar-refractivity contribution is -0.137. The summed E-state index contributed by atoms with van der Waals surface area (Å²) in [7, 11) is 0. The van der Waals surface area contributed by atoms with E-state index in [0.717, 1.165) is 11.6 Å². The Morgan fingerprint density at radius 1 is 1.06 bits per heavy atom. The quantitative estimate of drug-likeness (QED) is 0.432. The minimum atomic E-state index is -4.62. The largest absolute Gasteiger partial charge is 0.417 e. The van der Waals surface area contributed by atoms with Gasteiger partial charge in [0.2, 0.25) is 5.91 Å². The first kappa shape index (κ1) is 20.6. The minimum Gasteiger partial charge on any atom is -0.346 e. The first-order valence-electron chi connectivity index (χ1n) is 9.57. The van der Waals surface area contributed by atoms with Gasteiger partial charge in [0.25, 0.3) is 0 Å². The first-order valence-corrected chi connectivity index (χ1v) is 9.57. The highest BCUT2D eigenvalue weighted by atomic mass is 19.4. The van der Waals surface area contributed by atoms with Gasteiger partial charge in [-0.2, -0.15) is 13.2 Å². The van der Waals surface area contributed by atoms with Crippen LogP contribution in [0.25, 0.3) is 22.2 Å². The van der Waals surface area contributed by atoms with Gasteiger partial charge < -0.3 is 16.0 Å². The molecule has 4 aromatic rings. The molecule has 2 aromatic heterocycles. The molecule has 0 aliphatic carbocycles. The van der Waals surface area contributed by atoms with Crippen molar-refractivity contribution in [2.45, 2.75) is 18.6 Å². The minimum absolute atomic E-state index is 0.00563. The fraction of sp³-hybridized carbons (Fsp3) is 0.130. The van der Waals surface area contributed by atoms with E-state index in [2.05, 4.69) is 15.3 Å². The molecule has 0 fully saturated rings. The Morgan fingerprint density at radius 3 is 2.58 bits per heavy atom. The van der Waals surface area contributed by atoms with Crippen molar-refractivity contribution in [3.63, 3.8) is 0 Å². The maximum Gasteiger partial charge on any atom is 0.417 e. The number of anilines is 1. The molecule has 0 aliphatic heterocycles. The van der Waals surface area contributed by atoms with Crippen LogP contribution in [-0.4, -0.2) is 21.9 Å². The molecule has 158 valence electrons. The number of alkyl halides is 3. The number of benzene rings is 2. The molecule has 0 unspecified atom stereocenters. The van der Waals surface area contributed by atoms with E-state index in [1.807, 2.05) is 30.3 Å². The fourth-order valence-electron chi connectivity index (χ4n) is 3.48. The molecule has 1 atom stereocenters. The molecule has 5 nitrogen and oxygen atoms in total. The van der Waals surface area contributed by atoms with Gasteiger partial charge in [-0.25, -0.2) is 4.98 Å². The number of fused-ring (bicyclic) bond motifs is 1. The lowest BCUT2D eigenvalue weighted by Crippen LogP contribution is -2.37. The number of pyridine rings is 1. The summed E-state index contributed by atoms with van der Waals surface area (Å²) >= 11 is 0. The molecule has 0 spiro atoms. The smallest absolute Gasteiger partial charge is 0.346 e. The van der Waals surface area contributed by atoms with Gasteiger partial charge in [-0.15, -0.1) is 0 Å². The van der Waals surface area contributed by atoms with E-state index in [1.165, 1.54) is 24.4 Å². The van der Waals surface area contributed by atoms with E-state index in [-0.39, 0.29) is 17.7 Å². The van der Waals surface area contributed by atoms with Crippen LogP contribution in [0.5, 0.6) is 0 Å². The molecule has 8 heteroatoms. The molecule has 0 saturated heterocycles. The van der Waals surface area contributed by atoms with Crippen molar-refractivity contribution in [3.05, 3.63) is 84.2 Å². The molecule has 0 bridgehead atoms. The van der Waals surface area contributed by atoms with E-state index >= 15 is 0 Å². The van der Waals surface area contributed by atoms with Crippen LogP contribution in [0.1, 0.15) is 11.1 Å². The van der Waals surface area contributed by atoms with Gasteiger partial charge >= 0.3 is 6.18 Å². The summed E-state index contributed by atoms with van der Waals surface area (Å²) in [5, 5.41) is 3.08. The van der Waals surface area contributed by atoms with Crippen molar-refractivity contribution in [1.29, 1.82) is 0 Å². The monoisotopic (exact) mass is 424 g/mol. The van der Waals surface area contributed by atoms with Crippen LogP contribution in [-0.2, 0) is 17.4 Å². The summed E-state index contributed by atoms with van der Waals surface area (Å²) in [4.78, 5) is 19.5. The summed E-state index contributed by atoms with van der Waals surface area (Å²) in [6, 6.07) is 15.2. The fourth-order valence-corrected chi connectivity index (χ4v) is 3.48. The predicted molar refractivity (Wildman–Crippen MR) is 113 cm³/mol. The van der Waals surface area contributed by atoms with Crippen LogP contribution < -0.4 is 11.1 Å². The van der Waals surface area contributed by atoms with E-state index in [1.54, 1.807) is 12.3 Å². The van der Waals surface area contributed by atoms with Crippen molar-refractivity contribution in [1.82, 2.24) is 9.97 Å². The molecule has 2 heterocycles. The first-order chi connectivity index (χ1) is 14.8. The normalized spacial score (nSPS) is 12.6. The number of aromatic nitrogens is 2. The van der Waals surface area contributed by atoms with Crippen LogP contribution in [0.15, 0.2) is 73.1 Å². The Labute approximate surface area is 176 Å². The topological polar surface area (TPSA) is 83.8 Å². The Hall–Kier alpha value is -3.65. The Bertz CT molecular complexity index is 1220. The molecule has 0 saturated carbocycles. The van der Waals surface area contributed by atoms with Gasteiger partial charge in [0.15, 0.2) is 0 Å². The summed E-state index contributed by atoms with van der Waals surface area (Å²) in [6.07, 6.45) is -1.27. The Morgan fingerprint density at radius 2 is 1.84 bits per heavy atom. The molecule has 1 amide bonds. The van der Waals surface area contributed by atoms with Crippen LogP contribution >= 0.6 is 0 Å². The van der Waals surface area contributed by atoms with Gasteiger partial charge in [-0.05, 0) is 47.4 Å². The summed E-state index contributed by atoms with van der Waals surface area (Å²) in [5.74, 6) is -0.554. The van der Waals surface area contributed by atoms with Crippen molar-refractivity contribution >= 4 is 22.6 Å². The molecule has 0 radical (unpaired) electrons. The number of amides is 1.